The summed E-state index contributed by atoms with van der Waals surface area (Å²) in [7, 11) is 0. The number of hydrogen-bond acceptors (Lipinski definition) is 3. The fraction of sp³-hybridized carbons (Fsp3) is 0.846. The molecule has 3 atom stereocenters. The lowest BCUT2D eigenvalue weighted by Gasteiger charge is -2.35. The Morgan fingerprint density at radius 1 is 1.50 bits per heavy atom. The average Bonchev–Trinajstić information content (AvgIpc) is 2.76. The van der Waals surface area contributed by atoms with Crippen LogP contribution in [-0.4, -0.2) is 41.0 Å². The second-order valence-corrected chi connectivity index (χ2v) is 5.90. The van der Waals surface area contributed by atoms with E-state index in [-0.39, 0.29) is 11.8 Å². The molecule has 1 amide bonds. The number of piperidine rings is 1. The monoisotopic (exact) mass is 269 g/mol. The highest BCUT2D eigenvalue weighted by atomic mass is 32.1. The first-order valence-corrected chi connectivity index (χ1v) is 7.36. The summed E-state index contributed by atoms with van der Waals surface area (Å²) in [5.74, 6) is -0.289. The number of rotatable bonds is 4. The van der Waals surface area contributed by atoms with Crippen LogP contribution in [0.3, 0.4) is 0 Å². The number of fused-ring (bicyclic) bond motifs is 1. The van der Waals surface area contributed by atoms with E-state index in [2.05, 4.69) is 10.2 Å². The lowest BCUT2D eigenvalue weighted by molar-refractivity contribution is -0.124. The van der Waals surface area contributed by atoms with Crippen molar-refractivity contribution in [1.82, 2.24) is 10.2 Å². The molecule has 2 saturated heterocycles. The van der Waals surface area contributed by atoms with Crippen LogP contribution in [0, 0.1) is 5.92 Å². The summed E-state index contributed by atoms with van der Waals surface area (Å²) < 4.78 is 0. The van der Waals surface area contributed by atoms with E-state index in [1.165, 1.54) is 19.4 Å². The number of carbonyl (C=O) groups excluding carboxylic acids is 1. The smallest absolute Gasteiger partial charge is 0.230 e. The fourth-order valence-corrected chi connectivity index (χ4v) is 3.45. The standard InChI is InChI=1S/C13H23N3OS/c1-2-11(12(14)18)13(17)15-9-5-7-16-6-3-4-10(16)8-9/h9-11H,2-8H2,1H3,(H2,14,18)(H,15,17). The van der Waals surface area contributed by atoms with Crippen molar-refractivity contribution < 1.29 is 4.79 Å². The molecule has 2 fully saturated rings. The Balaban J connectivity index is 1.86. The maximum Gasteiger partial charge on any atom is 0.230 e. The van der Waals surface area contributed by atoms with Gasteiger partial charge in [0, 0.05) is 18.6 Å². The van der Waals surface area contributed by atoms with Gasteiger partial charge in [0.05, 0.1) is 10.9 Å². The van der Waals surface area contributed by atoms with Crippen LogP contribution < -0.4 is 11.1 Å². The third-order valence-electron chi connectivity index (χ3n) is 4.24. The molecule has 3 unspecified atom stereocenters. The van der Waals surface area contributed by atoms with Crippen molar-refractivity contribution >= 4 is 23.1 Å². The summed E-state index contributed by atoms with van der Waals surface area (Å²) in [5, 5.41) is 3.13. The van der Waals surface area contributed by atoms with E-state index in [1.54, 1.807) is 0 Å². The van der Waals surface area contributed by atoms with Crippen LogP contribution in [-0.2, 0) is 4.79 Å². The van der Waals surface area contributed by atoms with E-state index in [9.17, 15) is 4.79 Å². The van der Waals surface area contributed by atoms with Crippen LogP contribution in [0.15, 0.2) is 0 Å². The van der Waals surface area contributed by atoms with E-state index in [0.29, 0.717) is 23.5 Å². The highest BCUT2D eigenvalue weighted by molar-refractivity contribution is 7.80. The second-order valence-electron chi connectivity index (χ2n) is 5.43. The highest BCUT2D eigenvalue weighted by Gasteiger charge is 2.33. The van der Waals surface area contributed by atoms with Crippen LogP contribution in [0.25, 0.3) is 0 Å². The van der Waals surface area contributed by atoms with Gasteiger partial charge in [0.2, 0.25) is 5.91 Å². The Labute approximate surface area is 114 Å². The van der Waals surface area contributed by atoms with Crippen LogP contribution >= 0.6 is 12.2 Å². The maximum atomic E-state index is 12.1. The average molecular weight is 269 g/mol. The first-order chi connectivity index (χ1) is 8.61. The summed E-state index contributed by atoms with van der Waals surface area (Å²) in [4.78, 5) is 14.9. The Morgan fingerprint density at radius 3 is 2.94 bits per heavy atom. The van der Waals surface area contributed by atoms with Gasteiger partial charge in [0.25, 0.3) is 0 Å². The third kappa shape index (κ3) is 3.01. The van der Waals surface area contributed by atoms with Gasteiger partial charge in [-0.15, -0.1) is 0 Å². The molecular weight excluding hydrogens is 246 g/mol. The molecule has 0 saturated carbocycles. The quantitative estimate of drug-likeness (QED) is 0.749. The number of amides is 1. The summed E-state index contributed by atoms with van der Waals surface area (Å²) in [6.07, 6.45) is 5.40. The lowest BCUT2D eigenvalue weighted by atomic mass is 9.96. The van der Waals surface area contributed by atoms with Crippen molar-refractivity contribution in [3.63, 3.8) is 0 Å². The maximum absolute atomic E-state index is 12.1. The zero-order valence-corrected chi connectivity index (χ0v) is 11.8. The zero-order chi connectivity index (χ0) is 13.1. The minimum atomic E-state index is -0.304. The van der Waals surface area contributed by atoms with Gasteiger partial charge in [-0.25, -0.2) is 0 Å². The van der Waals surface area contributed by atoms with Crippen LogP contribution in [0.4, 0.5) is 0 Å². The van der Waals surface area contributed by atoms with Gasteiger partial charge in [-0.3, -0.25) is 4.79 Å². The van der Waals surface area contributed by atoms with Crippen molar-refractivity contribution in [2.75, 3.05) is 13.1 Å². The van der Waals surface area contributed by atoms with E-state index < -0.39 is 0 Å². The predicted octanol–water partition coefficient (Wildman–Crippen LogP) is 1.04. The number of hydrogen-bond donors (Lipinski definition) is 2. The molecule has 18 heavy (non-hydrogen) atoms. The molecule has 0 aromatic rings. The van der Waals surface area contributed by atoms with Gasteiger partial charge in [-0.05, 0) is 38.6 Å². The highest BCUT2D eigenvalue weighted by Crippen LogP contribution is 2.27. The van der Waals surface area contributed by atoms with Crippen molar-refractivity contribution in [3.8, 4) is 0 Å². The molecule has 2 aliphatic heterocycles. The van der Waals surface area contributed by atoms with Gasteiger partial charge < -0.3 is 16.0 Å². The molecule has 2 rings (SSSR count). The Bertz CT molecular complexity index is 334. The number of thiocarbonyl (C=S) groups is 1. The molecular formula is C13H23N3OS. The molecule has 0 spiro atoms. The zero-order valence-electron chi connectivity index (χ0n) is 11.0. The normalized spacial score (nSPS) is 29.6. The molecule has 3 N–H and O–H groups in total. The van der Waals surface area contributed by atoms with E-state index in [0.717, 1.165) is 19.4 Å². The van der Waals surface area contributed by atoms with Gasteiger partial charge in [0.15, 0.2) is 0 Å². The Morgan fingerprint density at radius 2 is 2.28 bits per heavy atom. The van der Waals surface area contributed by atoms with Crippen molar-refractivity contribution in [2.24, 2.45) is 11.7 Å². The summed E-state index contributed by atoms with van der Waals surface area (Å²) >= 11 is 4.94. The van der Waals surface area contributed by atoms with Crippen molar-refractivity contribution in [3.05, 3.63) is 0 Å². The van der Waals surface area contributed by atoms with Gasteiger partial charge in [-0.2, -0.15) is 0 Å². The molecule has 0 radical (unpaired) electrons. The summed E-state index contributed by atoms with van der Waals surface area (Å²) in [6.45, 7) is 4.29. The van der Waals surface area contributed by atoms with Gasteiger partial charge in [-0.1, -0.05) is 19.1 Å². The topological polar surface area (TPSA) is 58.4 Å². The number of nitrogens with zero attached hydrogens (tertiary/aromatic N) is 1. The van der Waals surface area contributed by atoms with Crippen molar-refractivity contribution in [1.29, 1.82) is 0 Å². The molecule has 2 heterocycles. The third-order valence-corrected chi connectivity index (χ3v) is 4.52. The Hall–Kier alpha value is -0.680. The van der Waals surface area contributed by atoms with Crippen LogP contribution in [0.2, 0.25) is 0 Å². The fourth-order valence-electron chi connectivity index (χ4n) is 3.17. The molecule has 0 aliphatic carbocycles. The Kier molecular flexibility index (Phi) is 4.56. The lowest BCUT2D eigenvalue weighted by Crippen LogP contribution is -2.49. The van der Waals surface area contributed by atoms with Crippen molar-refractivity contribution in [2.45, 2.75) is 51.1 Å². The molecule has 4 nitrogen and oxygen atoms in total. The molecule has 0 bridgehead atoms. The van der Waals surface area contributed by atoms with Gasteiger partial charge in [0.1, 0.15) is 0 Å². The number of carbonyl (C=O) groups is 1. The number of nitrogens with two attached hydrogens (primary N) is 1. The largest absolute Gasteiger partial charge is 0.393 e. The van der Waals surface area contributed by atoms with Crippen LogP contribution in [0.5, 0.6) is 0 Å². The van der Waals surface area contributed by atoms with Crippen LogP contribution in [0.1, 0.15) is 39.0 Å². The van der Waals surface area contributed by atoms with E-state index in [4.69, 9.17) is 18.0 Å². The predicted molar refractivity (Wildman–Crippen MR) is 76.3 cm³/mol. The van der Waals surface area contributed by atoms with E-state index >= 15 is 0 Å². The minimum Gasteiger partial charge on any atom is -0.393 e. The SMILES string of the molecule is CCC(C(=O)NC1CCN2CCCC2C1)C(N)=S. The molecule has 0 aromatic heterocycles. The molecule has 0 aromatic carbocycles. The minimum absolute atomic E-state index is 0.0152. The van der Waals surface area contributed by atoms with E-state index in [1.807, 2.05) is 6.92 Å². The summed E-state index contributed by atoms with van der Waals surface area (Å²) in [6, 6.07) is 0.981. The second kappa shape index (κ2) is 5.97. The molecule has 2 aliphatic rings. The molecule has 5 heteroatoms. The van der Waals surface area contributed by atoms with Gasteiger partial charge >= 0.3 is 0 Å². The summed E-state index contributed by atoms with van der Waals surface area (Å²) in [5.41, 5.74) is 5.60. The number of nitrogens with one attached hydrogen (secondary N) is 1. The molecule has 102 valence electrons. The first-order valence-electron chi connectivity index (χ1n) is 6.95. The first kappa shape index (κ1) is 13.7.